The summed E-state index contributed by atoms with van der Waals surface area (Å²) in [5, 5.41) is 24.7. The second kappa shape index (κ2) is 8.65. The van der Waals surface area contributed by atoms with E-state index in [2.05, 4.69) is 31.3 Å². The van der Waals surface area contributed by atoms with Gasteiger partial charge in [0.1, 0.15) is 5.75 Å². The third kappa shape index (κ3) is 4.36. The number of fused-ring (bicyclic) bond motifs is 3. The number of carboxylic acids is 1. The molecule has 3 N–H and O–H groups in total. The molecule has 3 aliphatic rings. The van der Waals surface area contributed by atoms with Gasteiger partial charge in [0.25, 0.3) is 5.91 Å². The molecule has 1 amide bonds. The summed E-state index contributed by atoms with van der Waals surface area (Å²) < 4.78 is 0.997. The van der Waals surface area contributed by atoms with Crippen LogP contribution in [0.1, 0.15) is 62.7 Å². The van der Waals surface area contributed by atoms with Crippen molar-refractivity contribution in [3.05, 3.63) is 41.3 Å². The fraction of sp³-hybridized carbons (Fsp3) is 0.520. The summed E-state index contributed by atoms with van der Waals surface area (Å²) >= 11 is 1.52. The van der Waals surface area contributed by atoms with Gasteiger partial charge < -0.3 is 15.5 Å². The fourth-order valence-corrected chi connectivity index (χ4v) is 6.47. The Balaban J connectivity index is 1.46. The number of thiophene rings is 1. The van der Waals surface area contributed by atoms with E-state index in [1.807, 2.05) is 11.4 Å². The number of aliphatic carboxylic acids is 1. The van der Waals surface area contributed by atoms with Crippen LogP contribution >= 0.6 is 11.3 Å². The minimum absolute atomic E-state index is 0.0570. The van der Waals surface area contributed by atoms with E-state index in [0.29, 0.717) is 29.7 Å². The van der Waals surface area contributed by atoms with E-state index in [1.54, 1.807) is 12.1 Å². The van der Waals surface area contributed by atoms with Gasteiger partial charge in [-0.3, -0.25) is 9.59 Å². The predicted molar refractivity (Wildman–Crippen MR) is 123 cm³/mol. The second-order valence-electron chi connectivity index (χ2n) is 9.68. The van der Waals surface area contributed by atoms with Gasteiger partial charge in [0.05, 0.1) is 5.56 Å². The number of phenols is 1. The molecule has 0 saturated heterocycles. The summed E-state index contributed by atoms with van der Waals surface area (Å²) in [6.07, 6.45) is 9.08. The van der Waals surface area contributed by atoms with Gasteiger partial charge >= 0.3 is 5.97 Å². The number of carbonyl (C=O) groups excluding carboxylic acids is 1. The molecule has 1 aromatic carbocycles. The van der Waals surface area contributed by atoms with Crippen LogP contribution in [0.15, 0.2) is 35.7 Å². The van der Waals surface area contributed by atoms with Crippen LogP contribution in [0.3, 0.4) is 0 Å². The summed E-state index contributed by atoms with van der Waals surface area (Å²) in [5.74, 6) is 0.939. The van der Waals surface area contributed by atoms with Gasteiger partial charge in [-0.25, -0.2) is 0 Å². The van der Waals surface area contributed by atoms with Gasteiger partial charge in [0, 0.05) is 27.9 Å². The van der Waals surface area contributed by atoms with Crippen LogP contribution in [0.25, 0.3) is 10.1 Å². The molecule has 5 nitrogen and oxygen atoms in total. The molecule has 3 aliphatic carbocycles. The number of aromatic hydroxyl groups is 1. The maximum atomic E-state index is 13.2. The zero-order chi connectivity index (χ0) is 22.2. The Bertz CT molecular complexity index is 1010. The highest BCUT2D eigenvalue weighted by Gasteiger charge is 2.57. The number of amides is 1. The number of unbranched alkanes of at least 4 members (excludes halogenated alkanes) is 1. The number of nitrogens with one attached hydrogen (secondary N) is 1. The Morgan fingerprint density at radius 3 is 2.81 bits per heavy atom. The van der Waals surface area contributed by atoms with E-state index in [0.717, 1.165) is 29.3 Å². The number of allylic oxidation sites excluding steroid dienone is 2. The average Bonchev–Trinajstić information content (AvgIpc) is 3.13. The van der Waals surface area contributed by atoms with Crippen molar-refractivity contribution in [3.63, 3.8) is 0 Å². The fourth-order valence-electron chi connectivity index (χ4n) is 5.55. The molecule has 0 radical (unpaired) electrons. The van der Waals surface area contributed by atoms with Crippen LogP contribution in [0, 0.1) is 23.2 Å². The van der Waals surface area contributed by atoms with E-state index >= 15 is 0 Å². The van der Waals surface area contributed by atoms with Crippen LogP contribution in [-0.4, -0.2) is 28.1 Å². The molecule has 3 saturated carbocycles. The number of carboxylic acid groups (broad SMARTS) is 1. The molecule has 31 heavy (non-hydrogen) atoms. The largest absolute Gasteiger partial charge is 0.508 e. The van der Waals surface area contributed by atoms with Gasteiger partial charge in [-0.15, -0.1) is 11.3 Å². The predicted octanol–water partition coefficient (Wildman–Crippen LogP) is 5.59. The first-order valence-electron chi connectivity index (χ1n) is 11.1. The summed E-state index contributed by atoms with van der Waals surface area (Å²) in [4.78, 5) is 23.9. The third-order valence-corrected chi connectivity index (χ3v) is 8.50. The number of benzene rings is 1. The molecule has 1 aromatic heterocycles. The molecule has 166 valence electrons. The topological polar surface area (TPSA) is 86.6 Å². The highest BCUT2D eigenvalue weighted by atomic mass is 32.1. The molecule has 1 heterocycles. The molecular weight excluding hydrogens is 410 g/mol. The van der Waals surface area contributed by atoms with Crippen LogP contribution in [0.2, 0.25) is 0 Å². The van der Waals surface area contributed by atoms with Crippen LogP contribution in [0.4, 0.5) is 0 Å². The minimum atomic E-state index is -0.750. The Morgan fingerprint density at radius 1 is 1.26 bits per heavy atom. The SMILES string of the molecule is CC1(C)[C@H]2C[C@H](C/C=C\CCCC(=O)O)[C@H](NC(=O)c3csc4ccc(O)cc34)[C@@H]1C2. The molecule has 4 atom stereocenters. The number of rotatable bonds is 8. The van der Waals surface area contributed by atoms with Gasteiger partial charge in [-0.2, -0.15) is 0 Å². The number of phenolic OH excluding ortho intramolecular Hbond substituents is 1. The Kier molecular flexibility index (Phi) is 6.11. The summed E-state index contributed by atoms with van der Waals surface area (Å²) in [7, 11) is 0. The molecule has 0 spiro atoms. The van der Waals surface area contributed by atoms with Crippen molar-refractivity contribution in [1.82, 2.24) is 5.32 Å². The van der Waals surface area contributed by atoms with Crippen LogP contribution < -0.4 is 5.32 Å². The second-order valence-corrected chi connectivity index (χ2v) is 10.6. The van der Waals surface area contributed by atoms with Crippen LogP contribution in [0.5, 0.6) is 5.75 Å². The van der Waals surface area contributed by atoms with Crippen molar-refractivity contribution in [1.29, 1.82) is 0 Å². The lowest BCUT2D eigenvalue weighted by Crippen LogP contribution is -2.63. The zero-order valence-electron chi connectivity index (χ0n) is 18.1. The highest BCUT2D eigenvalue weighted by Crippen LogP contribution is 2.61. The quantitative estimate of drug-likeness (QED) is 0.368. The summed E-state index contributed by atoms with van der Waals surface area (Å²) in [5.41, 5.74) is 0.882. The molecule has 2 bridgehead atoms. The molecule has 0 aliphatic heterocycles. The first-order valence-corrected chi connectivity index (χ1v) is 12.0. The lowest BCUT2D eigenvalue weighted by molar-refractivity contribution is -0.137. The van der Waals surface area contributed by atoms with E-state index in [1.165, 1.54) is 17.8 Å². The van der Waals surface area contributed by atoms with Crippen molar-refractivity contribution in [2.75, 3.05) is 0 Å². The third-order valence-electron chi connectivity index (χ3n) is 7.54. The summed E-state index contributed by atoms with van der Waals surface area (Å²) in [6.45, 7) is 4.64. The van der Waals surface area contributed by atoms with Gasteiger partial charge in [0.2, 0.25) is 0 Å². The Morgan fingerprint density at radius 2 is 2.06 bits per heavy atom. The lowest BCUT2D eigenvalue weighted by Gasteiger charge is -2.62. The number of hydrogen-bond acceptors (Lipinski definition) is 4. The molecular formula is C25H31NO4S. The normalized spacial score (nSPS) is 26.6. The van der Waals surface area contributed by atoms with Crippen molar-refractivity contribution >= 4 is 33.3 Å². The van der Waals surface area contributed by atoms with E-state index < -0.39 is 5.97 Å². The van der Waals surface area contributed by atoms with Crippen molar-refractivity contribution in [3.8, 4) is 5.75 Å². The van der Waals surface area contributed by atoms with Crippen molar-refractivity contribution in [2.45, 2.75) is 58.4 Å². The highest BCUT2D eigenvalue weighted by molar-refractivity contribution is 7.17. The molecule has 5 rings (SSSR count). The van der Waals surface area contributed by atoms with E-state index in [-0.39, 0.29) is 29.5 Å². The van der Waals surface area contributed by atoms with Crippen molar-refractivity contribution in [2.24, 2.45) is 23.2 Å². The van der Waals surface area contributed by atoms with E-state index in [4.69, 9.17) is 5.11 Å². The van der Waals surface area contributed by atoms with Crippen LogP contribution in [-0.2, 0) is 4.79 Å². The minimum Gasteiger partial charge on any atom is -0.508 e. The summed E-state index contributed by atoms with van der Waals surface area (Å²) in [6, 6.07) is 5.30. The first kappa shape index (κ1) is 21.9. The maximum absolute atomic E-state index is 13.2. The van der Waals surface area contributed by atoms with E-state index in [9.17, 15) is 14.7 Å². The molecule has 3 fully saturated rings. The molecule has 2 aromatic rings. The van der Waals surface area contributed by atoms with Gasteiger partial charge in [-0.1, -0.05) is 26.0 Å². The lowest BCUT2D eigenvalue weighted by atomic mass is 9.44. The smallest absolute Gasteiger partial charge is 0.303 e. The molecule has 0 unspecified atom stereocenters. The monoisotopic (exact) mass is 441 g/mol. The Labute approximate surface area is 187 Å². The number of carbonyl (C=O) groups is 2. The first-order chi connectivity index (χ1) is 14.8. The Hall–Kier alpha value is -2.34. The molecule has 6 heteroatoms. The average molecular weight is 442 g/mol. The standard InChI is InChI=1S/C25H31NO4S/c1-25(2)16-11-15(7-5-3-4-6-8-22(28)29)23(20(25)12-16)26-24(30)19-14-31-21-10-9-17(27)13-18(19)21/h3,5,9-10,13-16,20,23,27H,4,6-8,11-12H2,1-2H3,(H,26,30)(H,28,29)/b5-3-/t15-,16-,20-,23-/m0/s1. The van der Waals surface area contributed by atoms with Crippen molar-refractivity contribution < 1.29 is 19.8 Å². The zero-order valence-corrected chi connectivity index (χ0v) is 19.0. The number of hydrogen-bond donors (Lipinski definition) is 3. The maximum Gasteiger partial charge on any atom is 0.303 e. The van der Waals surface area contributed by atoms with Gasteiger partial charge in [0.15, 0.2) is 0 Å². The van der Waals surface area contributed by atoms with Gasteiger partial charge in [-0.05, 0) is 73.5 Å².